The number of rotatable bonds is 5. The highest BCUT2D eigenvalue weighted by molar-refractivity contribution is 7.99. The van der Waals surface area contributed by atoms with Gasteiger partial charge in [0.2, 0.25) is 11.8 Å². The molecule has 1 aliphatic rings. The van der Waals surface area contributed by atoms with Gasteiger partial charge in [-0.3, -0.25) is 9.59 Å². The Labute approximate surface area is 163 Å². The lowest BCUT2D eigenvalue weighted by Gasteiger charge is -2.27. The van der Waals surface area contributed by atoms with Crippen LogP contribution < -0.4 is 5.32 Å². The lowest BCUT2D eigenvalue weighted by molar-refractivity contribution is -0.138. The van der Waals surface area contributed by atoms with Gasteiger partial charge in [0.25, 0.3) is 0 Å². The van der Waals surface area contributed by atoms with E-state index < -0.39 is 0 Å². The van der Waals surface area contributed by atoms with Gasteiger partial charge in [0, 0.05) is 17.7 Å². The molecule has 7 heteroatoms. The van der Waals surface area contributed by atoms with Crippen molar-refractivity contribution in [3.8, 4) is 0 Å². The maximum Gasteiger partial charge on any atom is 0.244 e. The molecular weight excluding hydrogens is 379 g/mol. The first-order valence-electron chi connectivity index (χ1n) is 8.30. The minimum absolute atomic E-state index is 0.0270. The lowest BCUT2D eigenvalue weighted by atomic mass is 10.1. The Hall–Kier alpha value is -0.910. The molecule has 1 aliphatic heterocycles. The summed E-state index contributed by atoms with van der Waals surface area (Å²) < 4.78 is 0. The molecule has 1 heterocycles. The number of nitrogens with zero attached hydrogens (tertiary/aromatic N) is 1. The van der Waals surface area contributed by atoms with Crippen LogP contribution in [0.1, 0.15) is 39.2 Å². The monoisotopic (exact) mass is 402 g/mol. The lowest BCUT2D eigenvalue weighted by Crippen LogP contribution is -2.52. The van der Waals surface area contributed by atoms with E-state index in [0.717, 1.165) is 12.0 Å². The van der Waals surface area contributed by atoms with Crippen LogP contribution >= 0.6 is 35.0 Å². The SMILES string of the molecule is CC(C)(C)NC(=O)C1CSCN1C(=O)CCCc1ccc(Cl)c(Cl)c1. The third kappa shape index (κ3) is 6.08. The Morgan fingerprint density at radius 3 is 2.64 bits per heavy atom. The maximum absolute atomic E-state index is 12.5. The molecule has 0 saturated carbocycles. The van der Waals surface area contributed by atoms with Crippen molar-refractivity contribution < 1.29 is 9.59 Å². The molecule has 0 aliphatic carbocycles. The zero-order valence-electron chi connectivity index (χ0n) is 14.8. The first kappa shape index (κ1) is 20.4. The number of aryl methyl sites for hydroxylation is 1. The van der Waals surface area contributed by atoms with Crippen LogP contribution in [0, 0.1) is 0 Å². The van der Waals surface area contributed by atoms with Crippen molar-refractivity contribution in [3.63, 3.8) is 0 Å². The minimum Gasteiger partial charge on any atom is -0.350 e. The van der Waals surface area contributed by atoms with E-state index in [4.69, 9.17) is 23.2 Å². The van der Waals surface area contributed by atoms with Crippen molar-refractivity contribution in [2.75, 3.05) is 11.6 Å². The average Bonchev–Trinajstić information content (AvgIpc) is 2.99. The quantitative estimate of drug-likeness (QED) is 0.804. The Morgan fingerprint density at radius 2 is 2.00 bits per heavy atom. The number of halogens is 2. The van der Waals surface area contributed by atoms with E-state index in [9.17, 15) is 9.59 Å². The highest BCUT2D eigenvalue weighted by Crippen LogP contribution is 2.25. The molecule has 1 N–H and O–H groups in total. The molecule has 1 saturated heterocycles. The Balaban J connectivity index is 1.86. The molecule has 1 atom stereocenters. The fraction of sp³-hybridized carbons (Fsp3) is 0.556. The van der Waals surface area contributed by atoms with E-state index >= 15 is 0 Å². The van der Waals surface area contributed by atoms with Gasteiger partial charge in [-0.1, -0.05) is 29.3 Å². The summed E-state index contributed by atoms with van der Waals surface area (Å²) >= 11 is 13.5. The number of hydrogen-bond acceptors (Lipinski definition) is 3. The molecule has 1 aromatic carbocycles. The summed E-state index contributed by atoms with van der Waals surface area (Å²) in [5.41, 5.74) is 0.757. The summed E-state index contributed by atoms with van der Waals surface area (Å²) in [4.78, 5) is 26.6. The molecule has 0 spiro atoms. The van der Waals surface area contributed by atoms with E-state index in [0.29, 0.717) is 34.5 Å². The zero-order valence-corrected chi connectivity index (χ0v) is 17.1. The van der Waals surface area contributed by atoms with Gasteiger partial charge in [-0.2, -0.15) is 0 Å². The number of thioether (sulfide) groups is 1. The largest absolute Gasteiger partial charge is 0.350 e. The summed E-state index contributed by atoms with van der Waals surface area (Å²) in [6, 6.07) is 5.15. The third-order valence-electron chi connectivity index (χ3n) is 3.84. The highest BCUT2D eigenvalue weighted by atomic mass is 35.5. The number of amides is 2. The summed E-state index contributed by atoms with van der Waals surface area (Å²) in [6.45, 7) is 5.82. The van der Waals surface area contributed by atoms with Crippen molar-refractivity contribution in [1.29, 1.82) is 0 Å². The molecule has 2 rings (SSSR count). The number of carbonyl (C=O) groups excluding carboxylic acids is 2. The molecule has 2 amide bonds. The Kier molecular flexibility index (Phi) is 7.06. The van der Waals surface area contributed by atoms with Gasteiger partial charge in [-0.25, -0.2) is 0 Å². The molecule has 1 unspecified atom stereocenters. The summed E-state index contributed by atoms with van der Waals surface area (Å²) in [6.07, 6.45) is 1.88. The number of hydrogen-bond donors (Lipinski definition) is 1. The van der Waals surface area contributed by atoms with Gasteiger partial charge >= 0.3 is 0 Å². The van der Waals surface area contributed by atoms with E-state index in [1.165, 1.54) is 0 Å². The van der Waals surface area contributed by atoms with Crippen molar-refractivity contribution >= 4 is 46.8 Å². The fourth-order valence-corrected chi connectivity index (χ4v) is 4.14. The molecule has 0 aromatic heterocycles. The molecule has 1 aromatic rings. The average molecular weight is 403 g/mol. The second-order valence-corrected chi connectivity index (χ2v) is 9.03. The second kappa shape index (κ2) is 8.65. The normalized spacial score (nSPS) is 17.6. The Morgan fingerprint density at radius 1 is 1.28 bits per heavy atom. The van der Waals surface area contributed by atoms with E-state index in [1.54, 1.807) is 22.7 Å². The first-order chi connectivity index (χ1) is 11.7. The van der Waals surface area contributed by atoms with Crippen LogP contribution in [-0.2, 0) is 16.0 Å². The standard InChI is InChI=1S/C18H24Cl2N2O2S/c1-18(2,3)21-17(24)15-10-25-11-22(15)16(23)6-4-5-12-7-8-13(19)14(20)9-12/h7-9,15H,4-6,10-11H2,1-3H3,(H,21,24). The zero-order chi connectivity index (χ0) is 18.6. The van der Waals surface area contributed by atoms with E-state index in [2.05, 4.69) is 5.32 Å². The van der Waals surface area contributed by atoms with Crippen LogP contribution in [0.5, 0.6) is 0 Å². The number of nitrogens with one attached hydrogen (secondary N) is 1. The Bertz CT molecular complexity index is 646. The van der Waals surface area contributed by atoms with Gasteiger partial charge in [0.1, 0.15) is 6.04 Å². The predicted octanol–water partition coefficient (Wildman–Crippen LogP) is 4.13. The van der Waals surface area contributed by atoms with Gasteiger partial charge in [0.15, 0.2) is 0 Å². The van der Waals surface area contributed by atoms with Gasteiger partial charge in [0.05, 0.1) is 15.9 Å². The topological polar surface area (TPSA) is 49.4 Å². The molecule has 4 nitrogen and oxygen atoms in total. The smallest absolute Gasteiger partial charge is 0.244 e. The first-order valence-corrected chi connectivity index (χ1v) is 10.2. The minimum atomic E-state index is -0.373. The van der Waals surface area contributed by atoms with Crippen LogP contribution in [0.25, 0.3) is 0 Å². The van der Waals surface area contributed by atoms with Crippen LogP contribution in [0.4, 0.5) is 0 Å². The third-order valence-corrected chi connectivity index (χ3v) is 5.59. The molecular formula is C18H24Cl2N2O2S. The van der Waals surface area contributed by atoms with Crippen molar-refractivity contribution in [2.24, 2.45) is 0 Å². The van der Waals surface area contributed by atoms with Crippen molar-refractivity contribution in [1.82, 2.24) is 10.2 Å². The molecule has 138 valence electrons. The summed E-state index contributed by atoms with van der Waals surface area (Å²) in [5, 5.41) is 4.02. The molecule has 1 fully saturated rings. The maximum atomic E-state index is 12.5. The second-order valence-electron chi connectivity index (χ2n) is 7.22. The van der Waals surface area contributed by atoms with Crippen LogP contribution in [0.15, 0.2) is 18.2 Å². The van der Waals surface area contributed by atoms with Crippen LogP contribution in [0.3, 0.4) is 0 Å². The van der Waals surface area contributed by atoms with Crippen LogP contribution in [0.2, 0.25) is 10.0 Å². The van der Waals surface area contributed by atoms with Crippen LogP contribution in [-0.4, -0.2) is 39.9 Å². The van der Waals surface area contributed by atoms with Gasteiger partial charge in [-0.05, 0) is 51.3 Å². The summed E-state index contributed by atoms with van der Waals surface area (Å²) in [5.74, 6) is 1.18. The number of carbonyl (C=O) groups is 2. The van der Waals surface area contributed by atoms with Crippen molar-refractivity contribution in [3.05, 3.63) is 33.8 Å². The number of benzene rings is 1. The van der Waals surface area contributed by atoms with Gasteiger partial charge in [-0.15, -0.1) is 11.8 Å². The predicted molar refractivity (Wildman–Crippen MR) is 105 cm³/mol. The fourth-order valence-electron chi connectivity index (χ4n) is 2.64. The van der Waals surface area contributed by atoms with E-state index in [-0.39, 0.29) is 23.4 Å². The summed E-state index contributed by atoms with van der Waals surface area (Å²) in [7, 11) is 0. The molecule has 25 heavy (non-hydrogen) atoms. The highest BCUT2D eigenvalue weighted by Gasteiger charge is 2.35. The van der Waals surface area contributed by atoms with Crippen molar-refractivity contribution in [2.45, 2.75) is 51.6 Å². The molecule has 0 bridgehead atoms. The molecule has 0 radical (unpaired) electrons. The van der Waals surface area contributed by atoms with Gasteiger partial charge < -0.3 is 10.2 Å². The van der Waals surface area contributed by atoms with E-state index in [1.807, 2.05) is 32.9 Å².